The number of nitrogens with one attached hydrogen (secondary N) is 1. The molecule has 0 bridgehead atoms. The summed E-state index contributed by atoms with van der Waals surface area (Å²) < 4.78 is 2.61. The predicted molar refractivity (Wildman–Crippen MR) is 83.8 cm³/mol. The molecule has 0 spiro atoms. The summed E-state index contributed by atoms with van der Waals surface area (Å²) in [5, 5.41) is 5.61. The van der Waals surface area contributed by atoms with Gasteiger partial charge < -0.3 is 9.88 Å². The first-order valence-corrected chi connectivity index (χ1v) is 8.01. The molecule has 1 atom stereocenters. The summed E-state index contributed by atoms with van der Waals surface area (Å²) in [6.45, 7) is 0.487. The van der Waals surface area contributed by atoms with Crippen LogP contribution in [0.15, 0.2) is 27.2 Å². The largest absolute Gasteiger partial charge is 0.330 e. The van der Waals surface area contributed by atoms with Gasteiger partial charge in [-0.25, -0.2) is 4.79 Å². The normalized spacial score (nSPS) is 17.7. The van der Waals surface area contributed by atoms with E-state index in [1.54, 1.807) is 13.2 Å². The standard InChI is InChI=1S/C15H19N3O2S/c1-17-9-10(14(19)18(2)15(17)20)8-16-12-4-3-5-13-11(12)6-7-21-13/h6-7,9,12,16H,3-5,8H2,1-2H3. The van der Waals surface area contributed by atoms with Crippen molar-refractivity contribution < 1.29 is 0 Å². The second-order valence-corrected chi connectivity index (χ2v) is 6.54. The molecule has 1 N–H and O–H groups in total. The Labute approximate surface area is 126 Å². The van der Waals surface area contributed by atoms with E-state index < -0.39 is 0 Å². The quantitative estimate of drug-likeness (QED) is 0.930. The van der Waals surface area contributed by atoms with E-state index in [1.165, 1.54) is 28.5 Å². The van der Waals surface area contributed by atoms with Crippen molar-refractivity contribution in [2.24, 2.45) is 14.1 Å². The fraction of sp³-hybridized carbons (Fsp3) is 0.467. The number of hydrogen-bond acceptors (Lipinski definition) is 4. The summed E-state index contributed by atoms with van der Waals surface area (Å²) in [7, 11) is 3.19. The van der Waals surface area contributed by atoms with Crippen LogP contribution in [0.4, 0.5) is 0 Å². The maximum atomic E-state index is 12.1. The van der Waals surface area contributed by atoms with Crippen LogP contribution in [-0.2, 0) is 27.1 Å². The van der Waals surface area contributed by atoms with Crippen LogP contribution in [0.1, 0.15) is 34.9 Å². The van der Waals surface area contributed by atoms with Gasteiger partial charge in [0.15, 0.2) is 0 Å². The average molecular weight is 305 g/mol. The number of rotatable bonds is 3. The number of aromatic nitrogens is 2. The van der Waals surface area contributed by atoms with Crippen LogP contribution < -0.4 is 16.6 Å². The lowest BCUT2D eigenvalue weighted by Crippen LogP contribution is -2.39. The molecule has 0 aliphatic heterocycles. The Morgan fingerprint density at radius 1 is 1.38 bits per heavy atom. The van der Waals surface area contributed by atoms with Crippen molar-refractivity contribution in [3.63, 3.8) is 0 Å². The third-order valence-corrected chi connectivity index (χ3v) is 5.10. The van der Waals surface area contributed by atoms with Crippen LogP contribution in [0.25, 0.3) is 0 Å². The molecule has 0 radical (unpaired) electrons. The van der Waals surface area contributed by atoms with Crippen LogP contribution in [0.2, 0.25) is 0 Å². The van der Waals surface area contributed by atoms with E-state index >= 15 is 0 Å². The molecule has 5 nitrogen and oxygen atoms in total. The van der Waals surface area contributed by atoms with E-state index in [-0.39, 0.29) is 11.2 Å². The first-order valence-electron chi connectivity index (χ1n) is 7.13. The van der Waals surface area contributed by atoms with Crippen LogP contribution in [-0.4, -0.2) is 9.13 Å². The summed E-state index contributed by atoms with van der Waals surface area (Å²) in [5.41, 5.74) is 1.49. The predicted octanol–water partition coefficient (Wildman–Crippen LogP) is 1.31. The molecular formula is C15H19N3O2S. The van der Waals surface area contributed by atoms with Gasteiger partial charge in [-0.2, -0.15) is 0 Å². The minimum Gasteiger partial charge on any atom is -0.306 e. The van der Waals surface area contributed by atoms with Crippen LogP contribution >= 0.6 is 11.3 Å². The maximum Gasteiger partial charge on any atom is 0.330 e. The number of fused-ring (bicyclic) bond motifs is 1. The summed E-state index contributed by atoms with van der Waals surface area (Å²) >= 11 is 1.81. The molecular weight excluding hydrogens is 286 g/mol. The molecule has 2 aromatic heterocycles. The van der Waals surface area contributed by atoms with Crippen LogP contribution in [0.3, 0.4) is 0 Å². The highest BCUT2D eigenvalue weighted by molar-refractivity contribution is 7.10. The van der Waals surface area contributed by atoms with Gasteiger partial charge in [0.05, 0.1) is 0 Å². The van der Waals surface area contributed by atoms with Crippen LogP contribution in [0.5, 0.6) is 0 Å². The Balaban J connectivity index is 1.81. The van der Waals surface area contributed by atoms with E-state index in [0.717, 1.165) is 17.4 Å². The summed E-state index contributed by atoms with van der Waals surface area (Å²) in [5.74, 6) is 0. The average Bonchev–Trinajstić information content (AvgIpc) is 2.96. The van der Waals surface area contributed by atoms with Gasteiger partial charge in [0.1, 0.15) is 0 Å². The highest BCUT2D eigenvalue weighted by atomic mass is 32.1. The molecule has 1 aliphatic carbocycles. The van der Waals surface area contributed by atoms with Crippen molar-refractivity contribution in [3.05, 3.63) is 54.5 Å². The van der Waals surface area contributed by atoms with Gasteiger partial charge >= 0.3 is 5.69 Å². The topological polar surface area (TPSA) is 56.0 Å². The van der Waals surface area contributed by atoms with Gasteiger partial charge in [-0.15, -0.1) is 11.3 Å². The molecule has 3 rings (SSSR count). The Hall–Kier alpha value is -1.66. The summed E-state index contributed by atoms with van der Waals surface area (Å²) in [6, 6.07) is 2.48. The van der Waals surface area contributed by atoms with Gasteiger partial charge in [0.2, 0.25) is 0 Å². The zero-order valence-electron chi connectivity index (χ0n) is 12.3. The molecule has 0 amide bonds. The number of thiophene rings is 1. The third-order valence-electron chi connectivity index (χ3n) is 4.11. The maximum absolute atomic E-state index is 12.1. The van der Waals surface area contributed by atoms with Gasteiger partial charge in [-0.05, 0) is 36.3 Å². The Bertz CT molecular complexity index is 772. The molecule has 0 saturated carbocycles. The molecule has 112 valence electrons. The zero-order chi connectivity index (χ0) is 15.0. The highest BCUT2D eigenvalue weighted by Crippen LogP contribution is 2.33. The van der Waals surface area contributed by atoms with Gasteiger partial charge in [-0.1, -0.05) is 0 Å². The van der Waals surface area contributed by atoms with E-state index in [2.05, 4.69) is 16.8 Å². The third kappa shape index (κ3) is 2.61. The fourth-order valence-electron chi connectivity index (χ4n) is 2.94. The number of nitrogens with zero attached hydrogens (tertiary/aromatic N) is 2. The lowest BCUT2D eigenvalue weighted by atomic mass is 9.94. The molecule has 0 fully saturated rings. The first kappa shape index (κ1) is 14.3. The van der Waals surface area contributed by atoms with Crippen LogP contribution in [0, 0.1) is 0 Å². The highest BCUT2D eigenvalue weighted by Gasteiger charge is 2.21. The van der Waals surface area contributed by atoms with E-state index in [1.807, 2.05) is 11.3 Å². The Morgan fingerprint density at radius 2 is 2.19 bits per heavy atom. The van der Waals surface area contributed by atoms with Crippen molar-refractivity contribution in [1.82, 2.24) is 14.5 Å². The molecule has 0 aromatic carbocycles. The molecule has 1 aliphatic rings. The Morgan fingerprint density at radius 3 is 3.00 bits per heavy atom. The minimum absolute atomic E-state index is 0.216. The molecule has 2 aromatic rings. The van der Waals surface area contributed by atoms with Crippen molar-refractivity contribution in [2.75, 3.05) is 0 Å². The number of hydrogen-bond donors (Lipinski definition) is 1. The van der Waals surface area contributed by atoms with Crippen molar-refractivity contribution in [2.45, 2.75) is 31.8 Å². The smallest absolute Gasteiger partial charge is 0.306 e. The van der Waals surface area contributed by atoms with Gasteiger partial charge in [-0.3, -0.25) is 9.36 Å². The van der Waals surface area contributed by atoms with Gasteiger partial charge in [0, 0.05) is 43.3 Å². The molecule has 21 heavy (non-hydrogen) atoms. The molecule has 2 heterocycles. The van der Waals surface area contributed by atoms with E-state index in [0.29, 0.717) is 18.2 Å². The monoisotopic (exact) mass is 305 g/mol. The van der Waals surface area contributed by atoms with Crippen molar-refractivity contribution in [3.8, 4) is 0 Å². The fourth-order valence-corrected chi connectivity index (χ4v) is 3.92. The summed E-state index contributed by atoms with van der Waals surface area (Å²) in [4.78, 5) is 25.3. The van der Waals surface area contributed by atoms with E-state index in [9.17, 15) is 9.59 Å². The lowest BCUT2D eigenvalue weighted by Gasteiger charge is -2.23. The molecule has 6 heteroatoms. The first-order chi connectivity index (χ1) is 10.1. The molecule has 0 saturated heterocycles. The van der Waals surface area contributed by atoms with Crippen molar-refractivity contribution in [1.29, 1.82) is 0 Å². The number of aryl methyl sites for hydroxylation is 2. The second kappa shape index (κ2) is 5.61. The van der Waals surface area contributed by atoms with Crippen molar-refractivity contribution >= 4 is 11.3 Å². The Kier molecular flexibility index (Phi) is 3.82. The van der Waals surface area contributed by atoms with Gasteiger partial charge in [0.25, 0.3) is 5.56 Å². The second-order valence-electron chi connectivity index (χ2n) is 5.54. The SMILES string of the molecule is Cn1cc(CNC2CCCc3sccc32)c(=O)n(C)c1=O. The molecule has 1 unspecified atom stereocenters. The lowest BCUT2D eigenvalue weighted by molar-refractivity contribution is 0.459. The van der Waals surface area contributed by atoms with E-state index in [4.69, 9.17) is 0 Å². The summed E-state index contributed by atoms with van der Waals surface area (Å²) in [6.07, 6.45) is 5.06. The minimum atomic E-state index is -0.290. The zero-order valence-corrected chi connectivity index (χ0v) is 13.1.